The van der Waals surface area contributed by atoms with Crippen molar-refractivity contribution in [1.29, 1.82) is 0 Å². The van der Waals surface area contributed by atoms with Crippen molar-refractivity contribution in [3.05, 3.63) is 18.0 Å². The van der Waals surface area contributed by atoms with E-state index in [1.54, 1.807) is 0 Å². The van der Waals surface area contributed by atoms with Gasteiger partial charge in [0.1, 0.15) is 5.69 Å². The van der Waals surface area contributed by atoms with Gasteiger partial charge in [0.15, 0.2) is 0 Å². The van der Waals surface area contributed by atoms with Gasteiger partial charge in [-0.05, 0) is 25.8 Å². The van der Waals surface area contributed by atoms with Crippen LogP contribution < -0.4 is 0 Å². The highest BCUT2D eigenvalue weighted by molar-refractivity contribution is 5.10. The van der Waals surface area contributed by atoms with Crippen LogP contribution in [0.25, 0.3) is 0 Å². The molecule has 6 heteroatoms. The Balaban J connectivity index is 2.34. The SMILES string of the molecule is CC1(O)CCC1n1nccc1C(F)(F)F. The third-order valence-electron chi connectivity index (χ3n) is 2.90. The van der Waals surface area contributed by atoms with Crippen LogP contribution in [0.5, 0.6) is 0 Å². The third kappa shape index (κ3) is 1.62. The second-order valence-electron chi connectivity index (χ2n) is 4.07. The molecule has 1 aliphatic carbocycles. The van der Waals surface area contributed by atoms with Crippen LogP contribution in [0.1, 0.15) is 31.5 Å². The molecular formula is C9H11F3N2O. The van der Waals surface area contributed by atoms with Crippen molar-refractivity contribution < 1.29 is 18.3 Å². The Labute approximate surface area is 84.5 Å². The second kappa shape index (κ2) is 2.98. The Morgan fingerprint density at radius 3 is 2.67 bits per heavy atom. The number of halogens is 3. The average Bonchev–Trinajstić information content (AvgIpc) is 2.50. The lowest BCUT2D eigenvalue weighted by Crippen LogP contribution is -2.46. The minimum absolute atomic E-state index is 0.509. The Morgan fingerprint density at radius 2 is 2.27 bits per heavy atom. The van der Waals surface area contributed by atoms with Crippen molar-refractivity contribution in [1.82, 2.24) is 9.78 Å². The largest absolute Gasteiger partial charge is 0.433 e. The lowest BCUT2D eigenvalue weighted by atomic mass is 9.76. The maximum atomic E-state index is 12.5. The molecule has 1 aromatic heterocycles. The number of hydrogen-bond donors (Lipinski definition) is 1. The fraction of sp³-hybridized carbons (Fsp3) is 0.667. The monoisotopic (exact) mass is 220 g/mol. The number of aromatic nitrogens is 2. The van der Waals surface area contributed by atoms with Gasteiger partial charge in [0, 0.05) is 6.20 Å². The maximum Gasteiger partial charge on any atom is 0.433 e. The maximum absolute atomic E-state index is 12.5. The Kier molecular flexibility index (Phi) is 2.08. The van der Waals surface area contributed by atoms with E-state index in [1.807, 2.05) is 0 Å². The number of alkyl halides is 3. The summed E-state index contributed by atoms with van der Waals surface area (Å²) in [6.45, 7) is 1.53. The first-order valence-electron chi connectivity index (χ1n) is 4.65. The van der Waals surface area contributed by atoms with E-state index in [9.17, 15) is 18.3 Å². The van der Waals surface area contributed by atoms with Crippen molar-refractivity contribution >= 4 is 0 Å². The van der Waals surface area contributed by atoms with E-state index in [0.717, 1.165) is 16.9 Å². The van der Waals surface area contributed by atoms with Gasteiger partial charge in [0.2, 0.25) is 0 Å². The van der Waals surface area contributed by atoms with E-state index in [4.69, 9.17) is 0 Å². The van der Waals surface area contributed by atoms with E-state index in [2.05, 4.69) is 5.10 Å². The molecule has 84 valence electrons. The highest BCUT2D eigenvalue weighted by Gasteiger charge is 2.46. The Morgan fingerprint density at radius 1 is 1.60 bits per heavy atom. The molecule has 0 radical (unpaired) electrons. The molecule has 1 fully saturated rings. The zero-order valence-electron chi connectivity index (χ0n) is 8.12. The molecule has 2 rings (SSSR count). The Bertz CT molecular complexity index is 370. The summed E-state index contributed by atoms with van der Waals surface area (Å²) in [6.07, 6.45) is -2.27. The Hall–Kier alpha value is -1.04. The van der Waals surface area contributed by atoms with Gasteiger partial charge in [-0.3, -0.25) is 4.68 Å². The summed E-state index contributed by atoms with van der Waals surface area (Å²) in [5, 5.41) is 13.3. The lowest BCUT2D eigenvalue weighted by Gasteiger charge is -2.43. The second-order valence-corrected chi connectivity index (χ2v) is 4.07. The van der Waals surface area contributed by atoms with Crippen molar-refractivity contribution in [2.24, 2.45) is 0 Å². The molecule has 1 saturated carbocycles. The van der Waals surface area contributed by atoms with E-state index in [-0.39, 0.29) is 0 Å². The topological polar surface area (TPSA) is 38.0 Å². The number of nitrogens with zero attached hydrogens (tertiary/aromatic N) is 2. The van der Waals surface area contributed by atoms with Gasteiger partial charge >= 0.3 is 6.18 Å². The molecular weight excluding hydrogens is 209 g/mol. The number of rotatable bonds is 1. The summed E-state index contributed by atoms with van der Waals surface area (Å²) < 4.78 is 38.4. The standard InChI is InChI=1S/C9H11F3N2O/c1-8(15)4-2-6(8)14-7(3-5-13-14)9(10,11)12/h3,5-6,15H,2,4H2,1H3. The molecule has 0 spiro atoms. The average molecular weight is 220 g/mol. The van der Waals surface area contributed by atoms with Gasteiger partial charge in [0.25, 0.3) is 0 Å². The predicted octanol–water partition coefficient (Wildman–Crippen LogP) is 1.99. The molecule has 3 nitrogen and oxygen atoms in total. The van der Waals surface area contributed by atoms with E-state index in [1.165, 1.54) is 6.92 Å². The van der Waals surface area contributed by atoms with Crippen LogP contribution in [0.15, 0.2) is 12.3 Å². The van der Waals surface area contributed by atoms with Gasteiger partial charge in [-0.2, -0.15) is 18.3 Å². The first-order valence-corrected chi connectivity index (χ1v) is 4.65. The molecule has 1 aliphatic rings. The van der Waals surface area contributed by atoms with Crippen molar-refractivity contribution in [2.45, 2.75) is 37.6 Å². The normalized spacial score (nSPS) is 31.4. The third-order valence-corrected chi connectivity index (χ3v) is 2.90. The summed E-state index contributed by atoms with van der Waals surface area (Å²) in [7, 11) is 0. The quantitative estimate of drug-likeness (QED) is 0.785. The van der Waals surface area contributed by atoms with Crippen LogP contribution >= 0.6 is 0 Å². The molecule has 2 atom stereocenters. The first kappa shape index (κ1) is 10.5. The molecule has 0 amide bonds. The zero-order valence-corrected chi connectivity index (χ0v) is 8.12. The molecule has 1 N–H and O–H groups in total. The molecule has 0 aromatic carbocycles. The van der Waals surface area contributed by atoms with Crippen molar-refractivity contribution in [3.8, 4) is 0 Å². The van der Waals surface area contributed by atoms with E-state index < -0.39 is 23.5 Å². The molecule has 0 saturated heterocycles. The minimum Gasteiger partial charge on any atom is -0.388 e. The van der Waals surface area contributed by atoms with E-state index >= 15 is 0 Å². The lowest BCUT2D eigenvalue weighted by molar-refractivity contribution is -0.151. The molecule has 15 heavy (non-hydrogen) atoms. The summed E-state index contributed by atoms with van der Waals surface area (Å²) in [6, 6.07) is 0.359. The van der Waals surface area contributed by atoms with Gasteiger partial charge < -0.3 is 5.11 Å². The molecule has 1 aromatic rings. The van der Waals surface area contributed by atoms with Crippen molar-refractivity contribution in [3.63, 3.8) is 0 Å². The fourth-order valence-corrected chi connectivity index (χ4v) is 1.86. The van der Waals surface area contributed by atoms with Gasteiger partial charge in [0.05, 0.1) is 11.6 Å². The fourth-order valence-electron chi connectivity index (χ4n) is 1.86. The smallest absolute Gasteiger partial charge is 0.388 e. The highest BCUT2D eigenvalue weighted by Crippen LogP contribution is 2.44. The summed E-state index contributed by atoms with van der Waals surface area (Å²) >= 11 is 0. The van der Waals surface area contributed by atoms with Gasteiger partial charge in [-0.15, -0.1) is 0 Å². The van der Waals surface area contributed by atoms with E-state index in [0.29, 0.717) is 12.8 Å². The van der Waals surface area contributed by atoms with Crippen LogP contribution in [0.3, 0.4) is 0 Å². The molecule has 2 unspecified atom stereocenters. The summed E-state index contributed by atoms with van der Waals surface area (Å²) in [5.74, 6) is 0. The summed E-state index contributed by atoms with van der Waals surface area (Å²) in [4.78, 5) is 0. The van der Waals surface area contributed by atoms with Gasteiger partial charge in [-0.25, -0.2) is 0 Å². The van der Waals surface area contributed by atoms with Crippen LogP contribution in [-0.2, 0) is 6.18 Å². The number of aliphatic hydroxyl groups is 1. The highest BCUT2D eigenvalue weighted by atomic mass is 19.4. The van der Waals surface area contributed by atoms with Crippen LogP contribution in [-0.4, -0.2) is 20.5 Å². The first-order chi connectivity index (χ1) is 6.82. The van der Waals surface area contributed by atoms with Crippen LogP contribution in [0.4, 0.5) is 13.2 Å². The predicted molar refractivity (Wildman–Crippen MR) is 46.1 cm³/mol. The van der Waals surface area contributed by atoms with Crippen LogP contribution in [0, 0.1) is 0 Å². The summed E-state index contributed by atoms with van der Waals surface area (Å²) in [5.41, 5.74) is -1.88. The number of hydrogen-bond acceptors (Lipinski definition) is 2. The zero-order chi connectivity index (χ0) is 11.3. The molecule has 0 bridgehead atoms. The molecule has 0 aliphatic heterocycles. The minimum atomic E-state index is -4.41. The van der Waals surface area contributed by atoms with Gasteiger partial charge in [-0.1, -0.05) is 0 Å². The van der Waals surface area contributed by atoms with Crippen LogP contribution in [0.2, 0.25) is 0 Å². The van der Waals surface area contributed by atoms with Crippen molar-refractivity contribution in [2.75, 3.05) is 0 Å². The molecule has 1 heterocycles.